The van der Waals surface area contributed by atoms with Crippen molar-refractivity contribution in [1.82, 2.24) is 0 Å². The third-order valence-corrected chi connectivity index (χ3v) is 9.81. The van der Waals surface area contributed by atoms with E-state index in [1.54, 1.807) is 18.3 Å². The van der Waals surface area contributed by atoms with Gasteiger partial charge in [0.15, 0.2) is 26.7 Å². The standard InChI is InChI=1S/C19H30NO4Si.CHF3O3S/c1-18(2,3)25(6,7)24-20-14-16(13-19(4,5)23-20)22-17(21)15-11-9-8-10-12-15;2-1(3,4)8(5,6)7/h8-12,14,16H,13H2,1-7H3;(H,5,6,7)/q+1;/p-1. The van der Waals surface area contributed by atoms with Gasteiger partial charge in [0.1, 0.15) is 0 Å². The van der Waals surface area contributed by atoms with Crippen LogP contribution in [0.4, 0.5) is 13.2 Å². The van der Waals surface area contributed by atoms with E-state index in [1.807, 2.05) is 32.0 Å². The Balaban J connectivity index is 0.000000582. The first-order valence-electron chi connectivity index (χ1n) is 9.95. The maximum absolute atomic E-state index is 12.3. The number of nitrogens with zero attached hydrogens (tertiary/aromatic N) is 1. The van der Waals surface area contributed by atoms with Crippen molar-refractivity contribution in [3.05, 3.63) is 35.9 Å². The van der Waals surface area contributed by atoms with Gasteiger partial charge in [-0.3, -0.25) is 0 Å². The van der Waals surface area contributed by atoms with E-state index in [-0.39, 0.29) is 11.0 Å². The maximum Gasteiger partial charge on any atom is 0.485 e. The Morgan fingerprint density at radius 1 is 1.18 bits per heavy atom. The monoisotopic (exact) mass is 513 g/mol. The van der Waals surface area contributed by atoms with Gasteiger partial charge < -0.3 is 13.8 Å². The van der Waals surface area contributed by atoms with Crippen LogP contribution in [-0.2, 0) is 24.2 Å². The molecule has 0 bridgehead atoms. The van der Waals surface area contributed by atoms with Crippen molar-refractivity contribution in [2.24, 2.45) is 0 Å². The second-order valence-corrected chi connectivity index (χ2v) is 15.6. The van der Waals surface area contributed by atoms with E-state index in [1.165, 1.54) is 4.90 Å². The van der Waals surface area contributed by atoms with E-state index in [2.05, 4.69) is 33.9 Å². The molecule has 1 aromatic carbocycles. The number of alkyl halides is 3. The molecule has 0 spiro atoms. The average molecular weight is 514 g/mol. The molecule has 8 nitrogen and oxygen atoms in total. The fourth-order valence-corrected chi connectivity index (χ4v) is 3.07. The lowest BCUT2D eigenvalue weighted by atomic mass is 10.0. The van der Waals surface area contributed by atoms with Gasteiger partial charge in [-0.2, -0.15) is 13.2 Å². The molecule has 0 saturated carbocycles. The number of benzene rings is 1. The Morgan fingerprint density at radius 2 is 1.67 bits per heavy atom. The van der Waals surface area contributed by atoms with Gasteiger partial charge in [0.2, 0.25) is 0 Å². The molecule has 13 heteroatoms. The highest BCUT2D eigenvalue weighted by atomic mass is 32.2. The molecule has 0 N–H and O–H groups in total. The van der Waals surface area contributed by atoms with Gasteiger partial charge in [-0.1, -0.05) is 39.0 Å². The molecule has 2 rings (SSSR count). The van der Waals surface area contributed by atoms with Crippen molar-refractivity contribution in [3.8, 4) is 0 Å². The molecule has 1 heterocycles. The van der Waals surface area contributed by atoms with Crippen LogP contribution in [0.15, 0.2) is 30.3 Å². The summed E-state index contributed by atoms with van der Waals surface area (Å²) >= 11 is 0. The van der Waals surface area contributed by atoms with Gasteiger partial charge in [0.05, 0.1) is 5.56 Å². The normalized spacial score (nSPS) is 18.8. The molecular weight excluding hydrogens is 483 g/mol. The highest BCUT2D eigenvalue weighted by Gasteiger charge is 2.48. The Bertz CT molecular complexity index is 956. The van der Waals surface area contributed by atoms with Crippen LogP contribution in [0.25, 0.3) is 0 Å². The summed E-state index contributed by atoms with van der Waals surface area (Å²) in [6, 6.07) is 9.00. The number of carbonyl (C=O) groups excluding carboxylic acids is 1. The Morgan fingerprint density at radius 3 is 2.09 bits per heavy atom. The van der Waals surface area contributed by atoms with E-state index >= 15 is 0 Å². The Labute approximate surface area is 193 Å². The van der Waals surface area contributed by atoms with Gasteiger partial charge in [0, 0.05) is 6.42 Å². The summed E-state index contributed by atoms with van der Waals surface area (Å²) in [5.41, 5.74) is -5.59. The summed E-state index contributed by atoms with van der Waals surface area (Å²) < 4.78 is 70.8. The molecule has 1 atom stereocenters. The highest BCUT2D eigenvalue weighted by molar-refractivity contribution is 7.86. The third-order valence-electron chi connectivity index (χ3n) is 4.99. The number of ether oxygens (including phenoxy) is 1. The van der Waals surface area contributed by atoms with Crippen molar-refractivity contribution in [3.63, 3.8) is 0 Å². The van der Waals surface area contributed by atoms with Gasteiger partial charge in [-0.15, -0.1) is 0 Å². The fourth-order valence-electron chi connectivity index (χ4n) is 2.25. The van der Waals surface area contributed by atoms with Crippen LogP contribution < -0.4 is 0 Å². The molecular formula is C20H30F3NO7SSi. The van der Waals surface area contributed by atoms with E-state index < -0.39 is 35.6 Å². The lowest BCUT2D eigenvalue weighted by Crippen LogP contribution is -2.50. The quantitative estimate of drug-likeness (QED) is 0.254. The molecule has 188 valence electrons. The molecule has 1 unspecified atom stereocenters. The van der Waals surface area contributed by atoms with E-state index in [4.69, 9.17) is 27.1 Å². The highest BCUT2D eigenvalue weighted by Crippen LogP contribution is 2.37. The van der Waals surface area contributed by atoms with Crippen molar-refractivity contribution in [2.45, 2.75) is 76.4 Å². The minimum atomic E-state index is -6.09. The van der Waals surface area contributed by atoms with Crippen molar-refractivity contribution >= 4 is 30.6 Å². The minimum absolute atomic E-state index is 0.0437. The van der Waals surface area contributed by atoms with Crippen LogP contribution >= 0.6 is 0 Å². The Kier molecular flexibility index (Phi) is 8.77. The summed E-state index contributed by atoms with van der Waals surface area (Å²) in [6.45, 7) is 14.7. The largest absolute Gasteiger partial charge is 0.741 e. The predicted molar refractivity (Wildman–Crippen MR) is 116 cm³/mol. The molecule has 1 aliphatic heterocycles. The molecule has 0 fully saturated rings. The molecule has 0 amide bonds. The van der Waals surface area contributed by atoms with Gasteiger partial charge in [0.25, 0.3) is 6.21 Å². The van der Waals surface area contributed by atoms with E-state index in [9.17, 15) is 18.0 Å². The number of halogens is 3. The second-order valence-electron chi connectivity index (χ2n) is 9.55. The smallest absolute Gasteiger partial charge is 0.485 e. The number of hydrogen-bond donors (Lipinski definition) is 0. The summed E-state index contributed by atoms with van der Waals surface area (Å²) in [4.78, 5) is 19.7. The molecule has 0 aromatic heterocycles. The predicted octanol–water partition coefficient (Wildman–Crippen LogP) is 4.40. The molecule has 0 radical (unpaired) electrons. The molecule has 0 aliphatic carbocycles. The zero-order chi connectivity index (χ0) is 25.9. The summed E-state index contributed by atoms with van der Waals surface area (Å²) in [7, 11) is -8.15. The number of esters is 1. The van der Waals surface area contributed by atoms with E-state index in [0.29, 0.717) is 12.0 Å². The van der Waals surface area contributed by atoms with Crippen molar-refractivity contribution in [1.29, 1.82) is 0 Å². The molecule has 1 aromatic rings. The number of carbonyl (C=O) groups is 1. The van der Waals surface area contributed by atoms with Crippen molar-refractivity contribution in [2.75, 3.05) is 0 Å². The molecule has 33 heavy (non-hydrogen) atoms. The van der Waals surface area contributed by atoms with Crippen LogP contribution in [0.2, 0.25) is 18.1 Å². The first-order chi connectivity index (χ1) is 14.6. The number of rotatable bonds is 4. The first-order valence-corrected chi connectivity index (χ1v) is 14.3. The lowest BCUT2D eigenvalue weighted by molar-refractivity contribution is -0.960. The zero-order valence-electron chi connectivity index (χ0n) is 19.6. The zero-order valence-corrected chi connectivity index (χ0v) is 21.4. The van der Waals surface area contributed by atoms with Crippen LogP contribution in [-0.4, -0.2) is 55.6 Å². The maximum atomic E-state index is 12.3. The van der Waals surface area contributed by atoms with Crippen LogP contribution in [0.3, 0.4) is 0 Å². The molecule has 1 aliphatic rings. The van der Waals surface area contributed by atoms with Crippen LogP contribution in [0.5, 0.6) is 0 Å². The summed E-state index contributed by atoms with van der Waals surface area (Å²) in [6.07, 6.45) is 1.89. The van der Waals surface area contributed by atoms with Crippen molar-refractivity contribution < 1.29 is 49.9 Å². The summed E-state index contributed by atoms with van der Waals surface area (Å²) in [5, 5.41) is 0.0437. The van der Waals surface area contributed by atoms with Gasteiger partial charge >= 0.3 is 19.8 Å². The first kappa shape index (κ1) is 28.9. The topological polar surface area (TPSA) is 105 Å². The third kappa shape index (κ3) is 8.97. The van der Waals surface area contributed by atoms with Gasteiger partial charge in [-0.05, 0) is 44.1 Å². The fraction of sp³-hybridized carbons (Fsp3) is 0.600. The summed E-state index contributed by atoms with van der Waals surface area (Å²) in [5.74, 6) is -0.341. The minimum Gasteiger partial charge on any atom is -0.741 e. The average Bonchev–Trinajstić information content (AvgIpc) is 2.58. The number of hydrogen-bond acceptors (Lipinski definition) is 7. The lowest BCUT2D eigenvalue weighted by Gasteiger charge is -2.34. The molecule has 0 saturated heterocycles. The van der Waals surface area contributed by atoms with Crippen LogP contribution in [0, 0.1) is 0 Å². The second kappa shape index (κ2) is 10.0. The SMILES string of the molecule is CC1(C)CC(OC(=O)c2ccccc2)C=[N+](O[Si](C)(C)C(C)(C)C)O1.O=S(=O)([O-])C(F)(F)F. The van der Waals surface area contributed by atoms with Gasteiger partial charge in [-0.25, -0.2) is 18.0 Å². The van der Waals surface area contributed by atoms with E-state index in [0.717, 1.165) is 0 Å². The Hall–Kier alpha value is -2.12. The van der Waals surface area contributed by atoms with Crippen LogP contribution in [0.1, 0.15) is 51.4 Å².